The number of carbonyl (C=O) groups excluding carboxylic acids is 2. The minimum atomic E-state index is -0.547. The van der Waals surface area contributed by atoms with Crippen LogP contribution in [0.3, 0.4) is 0 Å². The molecule has 1 N–H and O–H groups in total. The van der Waals surface area contributed by atoms with Crippen LogP contribution in [-0.4, -0.2) is 40.1 Å². The molecular weight excluding hydrogens is 246 g/mol. The number of imidazole rings is 1. The topological polar surface area (TPSA) is 73.2 Å². The van der Waals surface area contributed by atoms with E-state index < -0.39 is 11.7 Å². The number of carbonyl (C=O) groups is 2. The maximum atomic E-state index is 11.8. The van der Waals surface area contributed by atoms with Gasteiger partial charge in [0.05, 0.1) is 11.7 Å². The van der Waals surface area contributed by atoms with E-state index in [2.05, 4.69) is 10.3 Å². The van der Waals surface area contributed by atoms with Crippen LogP contribution in [0, 0.1) is 0 Å². The highest BCUT2D eigenvalue weighted by molar-refractivity contribution is 5.81. The lowest BCUT2D eigenvalue weighted by Gasteiger charge is -2.19. The van der Waals surface area contributed by atoms with Crippen LogP contribution >= 0.6 is 0 Å². The molecule has 0 saturated heterocycles. The van der Waals surface area contributed by atoms with Gasteiger partial charge in [0.2, 0.25) is 0 Å². The lowest BCUT2D eigenvalue weighted by Crippen LogP contribution is -2.34. The fourth-order valence-electron chi connectivity index (χ4n) is 1.54. The Morgan fingerprint density at radius 2 is 2.11 bits per heavy atom. The highest BCUT2D eigenvalue weighted by Crippen LogP contribution is 2.10. The van der Waals surface area contributed by atoms with E-state index >= 15 is 0 Å². The molecule has 0 saturated carbocycles. The normalized spacial score (nSPS) is 13.1. The van der Waals surface area contributed by atoms with Gasteiger partial charge >= 0.3 is 6.09 Å². The molecule has 0 spiro atoms. The second kappa shape index (κ2) is 5.97. The van der Waals surface area contributed by atoms with Gasteiger partial charge in [-0.3, -0.25) is 4.79 Å². The zero-order chi connectivity index (χ0) is 14.6. The quantitative estimate of drug-likeness (QED) is 0.892. The van der Waals surface area contributed by atoms with Gasteiger partial charge in [-0.1, -0.05) is 0 Å². The van der Waals surface area contributed by atoms with Crippen molar-refractivity contribution in [2.24, 2.45) is 0 Å². The number of ketones is 1. The third-order valence-corrected chi connectivity index (χ3v) is 2.49. The minimum absolute atomic E-state index is 0.0364. The van der Waals surface area contributed by atoms with E-state index in [1.807, 2.05) is 0 Å². The summed E-state index contributed by atoms with van der Waals surface area (Å²) in [6.45, 7) is 6.92. The third-order valence-electron chi connectivity index (χ3n) is 2.49. The van der Waals surface area contributed by atoms with Crippen molar-refractivity contribution in [1.82, 2.24) is 14.9 Å². The Morgan fingerprint density at radius 1 is 1.47 bits per heavy atom. The molecule has 1 unspecified atom stereocenters. The molecule has 0 fully saturated rings. The lowest BCUT2D eigenvalue weighted by molar-refractivity contribution is -0.118. The molecule has 106 valence electrons. The van der Waals surface area contributed by atoms with Gasteiger partial charge in [-0.25, -0.2) is 14.3 Å². The van der Waals surface area contributed by atoms with Crippen LogP contribution in [0.2, 0.25) is 0 Å². The van der Waals surface area contributed by atoms with Crippen molar-refractivity contribution >= 4 is 11.9 Å². The van der Waals surface area contributed by atoms with Gasteiger partial charge in [-0.15, -0.1) is 0 Å². The molecule has 1 heterocycles. The summed E-state index contributed by atoms with van der Waals surface area (Å²) in [6, 6.07) is -0.290. The van der Waals surface area contributed by atoms with Crippen LogP contribution in [-0.2, 0) is 16.0 Å². The van der Waals surface area contributed by atoms with Gasteiger partial charge < -0.3 is 10.1 Å². The van der Waals surface area contributed by atoms with Gasteiger partial charge in [-0.05, 0) is 34.7 Å². The average Bonchev–Trinajstić information content (AvgIpc) is 2.71. The summed E-state index contributed by atoms with van der Waals surface area (Å²) in [4.78, 5) is 27.2. The first-order chi connectivity index (χ1) is 8.73. The average molecular weight is 267 g/mol. The maximum Gasteiger partial charge on any atom is 0.419 e. The Morgan fingerprint density at radius 3 is 2.58 bits per heavy atom. The first kappa shape index (κ1) is 15.4. The highest BCUT2D eigenvalue weighted by Gasteiger charge is 2.19. The molecule has 19 heavy (non-hydrogen) atoms. The van der Waals surface area contributed by atoms with Gasteiger partial charge in [0.15, 0.2) is 0 Å². The predicted octanol–water partition coefficient (Wildman–Crippen LogP) is 1.39. The lowest BCUT2D eigenvalue weighted by atomic mass is 10.1. The number of nitrogens with zero attached hydrogens (tertiary/aromatic N) is 2. The molecular formula is C13H21N3O3. The molecule has 0 aromatic carbocycles. The van der Waals surface area contributed by atoms with E-state index in [4.69, 9.17) is 4.74 Å². The van der Waals surface area contributed by atoms with E-state index in [-0.39, 0.29) is 11.8 Å². The summed E-state index contributed by atoms with van der Waals surface area (Å²) in [5, 5.41) is 2.91. The molecule has 1 aromatic rings. The molecule has 6 nitrogen and oxygen atoms in total. The van der Waals surface area contributed by atoms with Crippen LogP contribution in [0.4, 0.5) is 4.79 Å². The summed E-state index contributed by atoms with van der Waals surface area (Å²) in [6.07, 6.45) is 2.95. The van der Waals surface area contributed by atoms with Crippen molar-refractivity contribution in [1.29, 1.82) is 0 Å². The molecule has 1 atom stereocenters. The number of nitrogens with one attached hydrogen (secondary N) is 1. The Bertz CT molecular complexity index is 460. The van der Waals surface area contributed by atoms with Crippen molar-refractivity contribution in [3.05, 3.63) is 18.2 Å². The van der Waals surface area contributed by atoms with E-state index in [0.29, 0.717) is 12.1 Å². The van der Waals surface area contributed by atoms with E-state index in [9.17, 15) is 9.59 Å². The fraction of sp³-hybridized carbons (Fsp3) is 0.615. The number of likely N-dealkylation sites (N-methyl/N-ethyl adjacent to an activating group) is 1. The van der Waals surface area contributed by atoms with E-state index in [1.54, 1.807) is 34.0 Å². The van der Waals surface area contributed by atoms with Gasteiger partial charge in [0, 0.05) is 12.6 Å². The van der Waals surface area contributed by atoms with Crippen LogP contribution in [0.25, 0.3) is 0 Å². The van der Waals surface area contributed by atoms with Crippen molar-refractivity contribution in [3.63, 3.8) is 0 Å². The number of Topliss-reactive ketones (excluding diaryl/α,β-unsaturated/α-hetero) is 1. The summed E-state index contributed by atoms with van der Waals surface area (Å²) in [7, 11) is 1.72. The van der Waals surface area contributed by atoms with Crippen molar-refractivity contribution < 1.29 is 14.3 Å². The Balaban J connectivity index is 2.72. The molecule has 1 rings (SSSR count). The zero-order valence-electron chi connectivity index (χ0n) is 12.1. The second-order valence-electron chi connectivity index (χ2n) is 5.41. The van der Waals surface area contributed by atoms with Crippen molar-refractivity contribution in [2.75, 3.05) is 7.05 Å². The first-order valence-corrected chi connectivity index (χ1v) is 6.17. The summed E-state index contributed by atoms with van der Waals surface area (Å²) < 4.78 is 6.50. The molecule has 0 bridgehead atoms. The SMILES string of the molecule is CNC(Cc1cn(C(=O)OC(C)(C)C)cn1)C(C)=O. The largest absolute Gasteiger partial charge is 0.443 e. The van der Waals surface area contributed by atoms with E-state index in [0.717, 1.165) is 0 Å². The van der Waals surface area contributed by atoms with Crippen molar-refractivity contribution in [3.8, 4) is 0 Å². The summed E-state index contributed by atoms with van der Waals surface area (Å²) in [5.74, 6) is 0.0364. The Kier molecular flexibility index (Phi) is 4.83. The van der Waals surface area contributed by atoms with Crippen LogP contribution in [0.15, 0.2) is 12.5 Å². The number of ether oxygens (including phenoxy) is 1. The molecule has 0 amide bonds. The fourth-order valence-corrected chi connectivity index (χ4v) is 1.54. The molecule has 0 aliphatic carbocycles. The predicted molar refractivity (Wildman–Crippen MR) is 71.1 cm³/mol. The number of hydrogen-bond donors (Lipinski definition) is 1. The van der Waals surface area contributed by atoms with Crippen LogP contribution < -0.4 is 5.32 Å². The van der Waals surface area contributed by atoms with Crippen molar-refractivity contribution in [2.45, 2.75) is 45.8 Å². The smallest absolute Gasteiger partial charge is 0.419 e. The number of rotatable bonds is 4. The van der Waals surface area contributed by atoms with Crippen LogP contribution in [0.5, 0.6) is 0 Å². The number of aromatic nitrogens is 2. The van der Waals surface area contributed by atoms with Gasteiger partial charge in [-0.2, -0.15) is 0 Å². The standard InChI is InChI=1S/C13H21N3O3/c1-9(17)11(14-5)6-10-7-16(8-15-10)12(18)19-13(2,3)4/h7-8,11,14H,6H2,1-5H3. The maximum absolute atomic E-state index is 11.8. The minimum Gasteiger partial charge on any atom is -0.443 e. The molecule has 1 aromatic heterocycles. The summed E-state index contributed by atoms with van der Waals surface area (Å²) in [5.41, 5.74) is 0.120. The Labute approximate surface area is 113 Å². The first-order valence-electron chi connectivity index (χ1n) is 6.17. The third kappa shape index (κ3) is 4.82. The molecule has 0 aliphatic rings. The number of hydrogen-bond acceptors (Lipinski definition) is 5. The monoisotopic (exact) mass is 267 g/mol. The highest BCUT2D eigenvalue weighted by atomic mass is 16.6. The van der Waals surface area contributed by atoms with Gasteiger partial charge in [0.1, 0.15) is 17.7 Å². The molecule has 0 radical (unpaired) electrons. The Hall–Kier alpha value is -1.69. The zero-order valence-corrected chi connectivity index (χ0v) is 12.1. The molecule has 6 heteroatoms. The molecule has 0 aliphatic heterocycles. The summed E-state index contributed by atoms with van der Waals surface area (Å²) >= 11 is 0. The second-order valence-corrected chi connectivity index (χ2v) is 5.41. The van der Waals surface area contributed by atoms with E-state index in [1.165, 1.54) is 17.8 Å². The van der Waals surface area contributed by atoms with Crippen LogP contribution in [0.1, 0.15) is 33.4 Å². The van der Waals surface area contributed by atoms with Gasteiger partial charge in [0.25, 0.3) is 0 Å².